The van der Waals surface area contributed by atoms with Gasteiger partial charge in [-0.15, -0.1) is 0 Å². The van der Waals surface area contributed by atoms with Crippen LogP contribution in [-0.4, -0.2) is 37.5 Å². The van der Waals surface area contributed by atoms with Gasteiger partial charge in [-0.05, 0) is 72.6 Å². The van der Waals surface area contributed by atoms with E-state index in [1.807, 2.05) is 18.2 Å². The van der Waals surface area contributed by atoms with Crippen LogP contribution < -0.4 is 9.47 Å². The summed E-state index contributed by atoms with van der Waals surface area (Å²) >= 11 is 0. The van der Waals surface area contributed by atoms with Crippen molar-refractivity contribution in [2.75, 3.05) is 26.4 Å². The highest BCUT2D eigenvalue weighted by atomic mass is 16.6. The number of esters is 1. The maximum atomic E-state index is 11.7. The van der Waals surface area contributed by atoms with E-state index in [0.29, 0.717) is 23.0 Å². The molecule has 0 atom stereocenters. The van der Waals surface area contributed by atoms with Gasteiger partial charge >= 0.3 is 5.97 Å². The highest BCUT2D eigenvalue weighted by molar-refractivity contribution is 5.86. The average molecular weight is 515 g/mol. The average Bonchev–Trinajstić information content (AvgIpc) is 2.95. The van der Waals surface area contributed by atoms with Gasteiger partial charge in [-0.2, -0.15) is 0 Å². The van der Waals surface area contributed by atoms with Crippen molar-refractivity contribution in [1.82, 2.24) is 0 Å². The van der Waals surface area contributed by atoms with E-state index in [9.17, 15) is 4.79 Å². The summed E-state index contributed by atoms with van der Waals surface area (Å²) < 4.78 is 16.8. The van der Waals surface area contributed by atoms with Gasteiger partial charge in [0.1, 0.15) is 31.3 Å². The van der Waals surface area contributed by atoms with Crippen molar-refractivity contribution in [1.29, 1.82) is 0 Å². The van der Waals surface area contributed by atoms with E-state index in [0.717, 1.165) is 16.7 Å². The lowest BCUT2D eigenvalue weighted by atomic mass is 9.83. The van der Waals surface area contributed by atoms with Crippen LogP contribution in [0.3, 0.4) is 0 Å². The first kappa shape index (κ1) is 27.5. The van der Waals surface area contributed by atoms with Crippen LogP contribution in [0.25, 0.3) is 22.3 Å². The number of carbonyl (C=O) groups is 1. The van der Waals surface area contributed by atoms with Crippen LogP contribution in [0, 0.1) is 6.92 Å². The number of benzene rings is 3. The van der Waals surface area contributed by atoms with Crippen LogP contribution in [0.2, 0.25) is 0 Å². The quantitative estimate of drug-likeness (QED) is 0.166. The van der Waals surface area contributed by atoms with Gasteiger partial charge in [-0.3, -0.25) is 0 Å². The van der Waals surface area contributed by atoms with Crippen molar-refractivity contribution in [3.05, 3.63) is 83.9 Å². The Balaban J connectivity index is 1.53. The Morgan fingerprint density at radius 1 is 0.868 bits per heavy atom. The molecular weight excluding hydrogens is 476 g/mol. The molecule has 4 rings (SSSR count). The van der Waals surface area contributed by atoms with Crippen LogP contribution in [0.5, 0.6) is 11.5 Å². The van der Waals surface area contributed by atoms with Gasteiger partial charge in [0.25, 0.3) is 0 Å². The lowest BCUT2D eigenvalue weighted by Crippen LogP contribution is -2.13. The second-order valence-corrected chi connectivity index (χ2v) is 9.98. The summed E-state index contributed by atoms with van der Waals surface area (Å²) in [5.41, 5.74) is 7.30. The first-order valence-corrected chi connectivity index (χ1v) is 13.5. The minimum atomic E-state index is -0.438. The zero-order valence-corrected chi connectivity index (χ0v) is 22.5. The topological polar surface area (TPSA) is 65.0 Å². The van der Waals surface area contributed by atoms with Crippen molar-refractivity contribution in [3.8, 4) is 33.8 Å². The minimum absolute atomic E-state index is 0.0724. The summed E-state index contributed by atoms with van der Waals surface area (Å²) in [7, 11) is 0. The number of hydrogen-bond acceptors (Lipinski definition) is 5. The lowest BCUT2D eigenvalue weighted by molar-refractivity contribution is -0.139. The summed E-state index contributed by atoms with van der Waals surface area (Å²) in [4.78, 5) is 11.7. The molecule has 38 heavy (non-hydrogen) atoms. The minimum Gasteiger partial charge on any atom is -0.491 e. The molecule has 1 N–H and O–H groups in total. The zero-order chi connectivity index (χ0) is 26.9. The molecule has 0 spiro atoms. The maximum absolute atomic E-state index is 11.7. The largest absolute Gasteiger partial charge is 0.491 e. The molecule has 0 unspecified atom stereocenters. The fourth-order valence-corrected chi connectivity index (χ4v) is 5.04. The number of ether oxygens (including phenoxy) is 3. The third kappa shape index (κ3) is 7.05. The predicted molar refractivity (Wildman–Crippen MR) is 152 cm³/mol. The van der Waals surface area contributed by atoms with E-state index >= 15 is 0 Å². The molecular formula is C33H38O5. The highest BCUT2D eigenvalue weighted by Crippen LogP contribution is 2.38. The molecule has 1 saturated carbocycles. The third-order valence-corrected chi connectivity index (χ3v) is 7.07. The molecule has 0 saturated heterocycles. The monoisotopic (exact) mass is 514 g/mol. The van der Waals surface area contributed by atoms with Crippen LogP contribution in [0.15, 0.2) is 72.8 Å². The molecule has 0 amide bonds. The van der Waals surface area contributed by atoms with Crippen molar-refractivity contribution >= 4 is 5.97 Å². The molecule has 0 bridgehead atoms. The van der Waals surface area contributed by atoms with E-state index in [1.54, 1.807) is 6.92 Å². The molecule has 1 aliphatic carbocycles. The van der Waals surface area contributed by atoms with Crippen LogP contribution >= 0.6 is 0 Å². The van der Waals surface area contributed by atoms with Gasteiger partial charge in [0.05, 0.1) is 6.61 Å². The van der Waals surface area contributed by atoms with Gasteiger partial charge in [-0.25, -0.2) is 4.79 Å². The lowest BCUT2D eigenvalue weighted by Gasteiger charge is -2.22. The molecule has 200 valence electrons. The zero-order valence-electron chi connectivity index (χ0n) is 22.5. The standard InChI is InChI=1S/C33H38O5/c1-23(2)33(35)38-20-19-37-32-22-29(36-18-17-34)14-16-31(32)30-15-13-28(21-24(30)3)27-11-9-26(10-12-27)25-7-5-4-6-8-25/h9-16,21-22,25,34H,1,4-8,17-20H2,2-3H3. The number of rotatable bonds is 11. The molecule has 5 nitrogen and oxygen atoms in total. The number of aliphatic hydroxyl groups excluding tert-OH is 1. The van der Waals surface area contributed by atoms with Crippen LogP contribution in [-0.2, 0) is 9.53 Å². The number of hydrogen-bond donors (Lipinski definition) is 1. The van der Waals surface area contributed by atoms with Gasteiger partial charge in [0, 0.05) is 17.2 Å². The van der Waals surface area contributed by atoms with E-state index in [2.05, 4.69) is 56.0 Å². The number of aliphatic hydroxyl groups is 1. The Bertz CT molecular complexity index is 1240. The van der Waals surface area contributed by atoms with Crippen molar-refractivity contribution in [2.24, 2.45) is 0 Å². The van der Waals surface area contributed by atoms with Gasteiger partial charge in [0.2, 0.25) is 0 Å². The molecule has 1 aliphatic rings. The Labute approximate surface area is 226 Å². The highest BCUT2D eigenvalue weighted by Gasteiger charge is 2.16. The SMILES string of the molecule is C=C(C)C(=O)OCCOc1cc(OCCO)ccc1-c1ccc(-c2ccc(C3CCCCC3)cc2)cc1C. The maximum Gasteiger partial charge on any atom is 0.333 e. The first-order valence-electron chi connectivity index (χ1n) is 13.5. The van der Waals surface area contributed by atoms with Crippen molar-refractivity contribution in [2.45, 2.75) is 51.9 Å². The Morgan fingerprint density at radius 2 is 1.58 bits per heavy atom. The summed E-state index contributed by atoms with van der Waals surface area (Å²) in [6.45, 7) is 7.74. The van der Waals surface area contributed by atoms with Crippen LogP contribution in [0.1, 0.15) is 56.1 Å². The molecule has 3 aromatic carbocycles. The smallest absolute Gasteiger partial charge is 0.333 e. The van der Waals surface area contributed by atoms with E-state index < -0.39 is 5.97 Å². The summed E-state index contributed by atoms with van der Waals surface area (Å²) in [5, 5.41) is 9.13. The molecule has 0 heterocycles. The summed E-state index contributed by atoms with van der Waals surface area (Å²) in [5.74, 6) is 1.49. The van der Waals surface area contributed by atoms with Gasteiger partial charge in [0.15, 0.2) is 0 Å². The fourth-order valence-electron chi connectivity index (χ4n) is 5.04. The van der Waals surface area contributed by atoms with E-state index in [-0.39, 0.29) is 26.4 Å². The molecule has 1 fully saturated rings. The number of aryl methyl sites for hydroxylation is 1. The second kappa shape index (κ2) is 13.3. The molecule has 0 radical (unpaired) electrons. The molecule has 5 heteroatoms. The summed E-state index contributed by atoms with van der Waals surface area (Å²) in [6, 6.07) is 21.2. The van der Waals surface area contributed by atoms with Gasteiger partial charge < -0.3 is 19.3 Å². The molecule has 0 aliphatic heterocycles. The summed E-state index contributed by atoms with van der Waals surface area (Å²) in [6.07, 6.45) is 6.66. The van der Waals surface area contributed by atoms with Crippen LogP contribution in [0.4, 0.5) is 0 Å². The van der Waals surface area contributed by atoms with Gasteiger partial charge in [-0.1, -0.05) is 68.3 Å². The fraction of sp³-hybridized carbons (Fsp3) is 0.364. The molecule has 0 aromatic heterocycles. The molecule has 3 aromatic rings. The Kier molecular flexibility index (Phi) is 9.61. The van der Waals surface area contributed by atoms with E-state index in [4.69, 9.17) is 19.3 Å². The number of carbonyl (C=O) groups excluding carboxylic acids is 1. The third-order valence-electron chi connectivity index (χ3n) is 7.07. The Hall–Kier alpha value is -3.57. The normalized spacial score (nSPS) is 13.7. The van der Waals surface area contributed by atoms with Crippen molar-refractivity contribution < 1.29 is 24.1 Å². The second-order valence-electron chi connectivity index (χ2n) is 9.98. The van der Waals surface area contributed by atoms with E-state index in [1.165, 1.54) is 48.8 Å². The predicted octanol–water partition coefficient (Wildman–Crippen LogP) is 7.25. The Morgan fingerprint density at radius 3 is 2.26 bits per heavy atom. The van der Waals surface area contributed by atoms with Crippen molar-refractivity contribution in [3.63, 3.8) is 0 Å². The first-order chi connectivity index (χ1) is 18.5.